The molecule has 1 amide bonds. The largest absolute Gasteiger partial charge is 0.395 e. The number of carbonyl (C=O) groups excluding carboxylic acids is 1. The fourth-order valence-corrected chi connectivity index (χ4v) is 8.38. The third-order valence-corrected chi connectivity index (χ3v) is 10.2. The van der Waals surface area contributed by atoms with Crippen LogP contribution < -0.4 is 5.32 Å². The number of carbonyl (C=O) groups is 1. The maximum absolute atomic E-state index is 13.0. The van der Waals surface area contributed by atoms with E-state index in [1.807, 2.05) is 23.1 Å². The topological polar surface area (TPSA) is 75.8 Å². The second kappa shape index (κ2) is 12.7. The summed E-state index contributed by atoms with van der Waals surface area (Å²) in [7, 11) is 5.68. The highest BCUT2D eigenvalue weighted by atomic mass is 33.1. The Hall–Kier alpha value is -1.74. The smallest absolute Gasteiger partial charge is 0.228 e. The molecule has 0 bridgehead atoms. The van der Waals surface area contributed by atoms with Gasteiger partial charge in [-0.25, -0.2) is 0 Å². The monoisotopic (exact) mass is 532 g/mol. The molecule has 0 aromatic heterocycles. The molecule has 6 nitrogen and oxygen atoms in total. The van der Waals surface area contributed by atoms with E-state index in [4.69, 9.17) is 0 Å². The number of likely N-dealkylation sites (N-methyl/N-ethyl adjacent to an activating group) is 1. The number of aliphatic hydroxyl groups is 2. The van der Waals surface area contributed by atoms with Gasteiger partial charge in [0.25, 0.3) is 0 Å². The van der Waals surface area contributed by atoms with E-state index in [2.05, 4.69) is 68.9 Å². The van der Waals surface area contributed by atoms with Gasteiger partial charge in [-0.3, -0.25) is 4.79 Å². The van der Waals surface area contributed by atoms with Gasteiger partial charge in [0.15, 0.2) is 5.71 Å². The summed E-state index contributed by atoms with van der Waals surface area (Å²) in [4.78, 5) is 15.0. The molecule has 8 heteroatoms. The Labute approximate surface area is 224 Å². The second-order valence-corrected chi connectivity index (χ2v) is 12.8. The quantitative estimate of drug-likeness (QED) is 0.213. The number of nitrogens with one attached hydrogen (secondary N) is 1. The Kier molecular flexibility index (Phi) is 10.1. The van der Waals surface area contributed by atoms with E-state index < -0.39 is 0 Å². The van der Waals surface area contributed by atoms with Crippen LogP contribution in [0.4, 0.5) is 0 Å². The summed E-state index contributed by atoms with van der Waals surface area (Å²) < 4.78 is 2.26. The van der Waals surface area contributed by atoms with E-state index in [0.29, 0.717) is 13.1 Å². The van der Waals surface area contributed by atoms with Gasteiger partial charge >= 0.3 is 0 Å². The number of amides is 1. The number of allylic oxidation sites excluding steroid dienone is 7. The van der Waals surface area contributed by atoms with Crippen LogP contribution in [0.3, 0.4) is 0 Å². The van der Waals surface area contributed by atoms with Crippen LogP contribution >= 0.6 is 21.6 Å². The second-order valence-electron chi connectivity index (χ2n) is 10.4. The Morgan fingerprint density at radius 3 is 2.44 bits per heavy atom. The van der Waals surface area contributed by atoms with Crippen LogP contribution in [-0.2, 0) is 4.79 Å². The molecular weight excluding hydrogens is 490 g/mol. The van der Waals surface area contributed by atoms with Gasteiger partial charge in [0.05, 0.1) is 30.1 Å². The van der Waals surface area contributed by atoms with Crippen molar-refractivity contribution in [3.8, 4) is 0 Å². The van der Waals surface area contributed by atoms with Crippen molar-refractivity contribution in [2.75, 3.05) is 44.9 Å². The first kappa shape index (κ1) is 28.8. The molecule has 0 spiro atoms. The number of aliphatic hydroxyl groups excluding tert-OH is 2. The zero-order valence-electron chi connectivity index (χ0n) is 22.3. The van der Waals surface area contributed by atoms with Crippen molar-refractivity contribution in [2.45, 2.75) is 46.6 Å². The molecule has 0 saturated carbocycles. The molecule has 0 aromatic carbocycles. The highest BCUT2D eigenvalue weighted by Crippen LogP contribution is 2.44. The van der Waals surface area contributed by atoms with E-state index >= 15 is 0 Å². The minimum absolute atomic E-state index is 0.0259. The molecule has 0 radical (unpaired) electrons. The van der Waals surface area contributed by atoms with E-state index in [-0.39, 0.29) is 36.0 Å². The predicted molar refractivity (Wildman–Crippen MR) is 153 cm³/mol. The lowest BCUT2D eigenvalue weighted by Crippen LogP contribution is -2.46. The van der Waals surface area contributed by atoms with Crippen molar-refractivity contribution in [3.63, 3.8) is 0 Å². The number of hydrogen-bond donors (Lipinski definition) is 3. The normalized spacial score (nSPS) is 23.3. The van der Waals surface area contributed by atoms with E-state index in [1.165, 1.54) is 17.0 Å². The SMILES string of the molecule is CCC(=CC=CC=CC1=[N+](C)C2=C(CC(NC(=O)C3(C)CSSC3)C=C2)C1(C)C)N(CCO)CCO. The maximum atomic E-state index is 13.0. The summed E-state index contributed by atoms with van der Waals surface area (Å²) in [5.41, 5.74) is 4.49. The lowest BCUT2D eigenvalue weighted by Gasteiger charge is -2.28. The third kappa shape index (κ3) is 6.39. The summed E-state index contributed by atoms with van der Waals surface area (Å²) in [5.74, 6) is 1.90. The van der Waals surface area contributed by atoms with E-state index in [1.54, 1.807) is 21.6 Å². The molecule has 36 heavy (non-hydrogen) atoms. The summed E-state index contributed by atoms with van der Waals surface area (Å²) in [6, 6.07) is 0.0259. The number of rotatable bonds is 11. The fraction of sp³-hybridized carbons (Fsp3) is 0.571. The highest BCUT2D eigenvalue weighted by molar-refractivity contribution is 8.77. The number of nitrogens with zero attached hydrogens (tertiary/aromatic N) is 2. The molecule has 0 aromatic rings. The van der Waals surface area contributed by atoms with Gasteiger partial charge in [-0.2, -0.15) is 4.58 Å². The minimum Gasteiger partial charge on any atom is -0.395 e. The molecule has 3 aliphatic rings. The Morgan fingerprint density at radius 1 is 1.17 bits per heavy atom. The van der Waals surface area contributed by atoms with Crippen LogP contribution in [0.5, 0.6) is 0 Å². The molecule has 3 N–H and O–H groups in total. The van der Waals surface area contributed by atoms with Crippen molar-refractivity contribution >= 4 is 33.2 Å². The Bertz CT molecular complexity index is 996. The minimum atomic E-state index is -0.286. The third-order valence-electron chi connectivity index (χ3n) is 7.31. The summed E-state index contributed by atoms with van der Waals surface area (Å²) in [6.45, 7) is 9.83. The van der Waals surface area contributed by atoms with E-state index in [9.17, 15) is 15.0 Å². The van der Waals surface area contributed by atoms with Crippen LogP contribution in [0.1, 0.15) is 40.5 Å². The molecule has 2 aliphatic heterocycles. The van der Waals surface area contributed by atoms with Crippen molar-refractivity contribution < 1.29 is 19.6 Å². The summed E-state index contributed by atoms with van der Waals surface area (Å²) in [5, 5.41) is 21.9. The standard InChI is InChI=1S/C28H41N3O3S2/c1-6-22(31(14-16-32)15-17-33)10-8-7-9-11-25-27(2,3)23-18-21(12-13-24(23)30(25)5)29-26(34)28(4)19-35-36-20-28/h7-13,21,32-33H,6,14-20H2,1-5H3/p+1. The highest BCUT2D eigenvalue weighted by Gasteiger charge is 2.46. The molecule has 1 atom stereocenters. The van der Waals surface area contributed by atoms with Gasteiger partial charge < -0.3 is 20.4 Å². The summed E-state index contributed by atoms with van der Waals surface area (Å²) >= 11 is 0. The first-order chi connectivity index (χ1) is 17.2. The van der Waals surface area contributed by atoms with Crippen molar-refractivity contribution in [3.05, 3.63) is 59.5 Å². The molecule has 3 rings (SSSR count). The molecule has 2 heterocycles. The Morgan fingerprint density at radius 2 is 1.83 bits per heavy atom. The van der Waals surface area contributed by atoms with Gasteiger partial charge in [0.2, 0.25) is 11.6 Å². The van der Waals surface area contributed by atoms with Crippen LogP contribution in [0.25, 0.3) is 0 Å². The van der Waals surface area contributed by atoms with Gasteiger partial charge in [-0.15, -0.1) is 0 Å². The predicted octanol–water partition coefficient (Wildman–Crippen LogP) is 3.90. The Balaban J connectivity index is 1.66. The molecule has 1 fully saturated rings. The first-order valence-corrected chi connectivity index (χ1v) is 15.3. The van der Waals surface area contributed by atoms with Crippen molar-refractivity contribution in [2.24, 2.45) is 10.8 Å². The molecule has 1 aliphatic carbocycles. The molecular formula is C28H42N3O3S2+. The van der Waals surface area contributed by atoms with Gasteiger partial charge in [0.1, 0.15) is 7.05 Å². The average Bonchev–Trinajstić information content (AvgIpc) is 3.37. The van der Waals surface area contributed by atoms with Crippen LogP contribution in [0, 0.1) is 10.8 Å². The first-order valence-electron chi connectivity index (χ1n) is 12.8. The average molecular weight is 533 g/mol. The number of hydrogen-bond acceptors (Lipinski definition) is 6. The van der Waals surface area contributed by atoms with E-state index in [0.717, 1.165) is 30.0 Å². The molecule has 1 unspecified atom stereocenters. The molecule has 198 valence electrons. The van der Waals surface area contributed by atoms with Gasteiger partial charge in [-0.05, 0) is 33.3 Å². The van der Waals surface area contributed by atoms with Gasteiger partial charge in [-0.1, -0.05) is 52.8 Å². The van der Waals surface area contributed by atoms with Crippen molar-refractivity contribution in [1.82, 2.24) is 10.2 Å². The van der Waals surface area contributed by atoms with Crippen LogP contribution in [0.15, 0.2) is 59.5 Å². The zero-order chi connectivity index (χ0) is 26.3. The van der Waals surface area contributed by atoms with Crippen molar-refractivity contribution in [1.29, 1.82) is 0 Å². The van der Waals surface area contributed by atoms with Gasteiger partial charge in [0, 0.05) is 54.4 Å². The summed E-state index contributed by atoms with van der Waals surface area (Å²) in [6.07, 6.45) is 16.3. The van der Waals surface area contributed by atoms with Crippen LogP contribution in [-0.4, -0.2) is 82.2 Å². The van der Waals surface area contributed by atoms with Crippen LogP contribution in [0.2, 0.25) is 0 Å². The zero-order valence-corrected chi connectivity index (χ0v) is 23.9. The molecule has 1 saturated heterocycles. The fourth-order valence-electron chi connectivity index (χ4n) is 5.04. The lowest BCUT2D eigenvalue weighted by atomic mass is 9.76. The maximum Gasteiger partial charge on any atom is 0.228 e. The lowest BCUT2D eigenvalue weighted by molar-refractivity contribution is -0.435.